The third kappa shape index (κ3) is 4.51. The van der Waals surface area contributed by atoms with E-state index in [1.807, 2.05) is 91.0 Å². The number of nitrogens with zero attached hydrogens (tertiary/aromatic N) is 3. The molecule has 0 aliphatic heterocycles. The Bertz CT molecular complexity index is 2890. The van der Waals surface area contributed by atoms with Crippen molar-refractivity contribution in [3.63, 3.8) is 0 Å². The van der Waals surface area contributed by atoms with Crippen molar-refractivity contribution >= 4 is 66.3 Å². The first-order valence-corrected chi connectivity index (χ1v) is 16.4. The van der Waals surface area contributed by atoms with E-state index in [2.05, 4.69) is 54.6 Å². The molecule has 5 nitrogen and oxygen atoms in total. The molecule has 0 atom stereocenters. The number of furan rings is 2. The Hall–Kier alpha value is -6.30. The molecule has 0 unspecified atom stereocenters. The SMILES string of the molecule is Clc1cc2oc3ccc(-c4nc(-c5ccc(-c6ccccc6)cc5)nc(-c5cccc6oc7ccccc7c56)n4)cc3c2c2ccccc12. The molecule has 0 aliphatic rings. The summed E-state index contributed by atoms with van der Waals surface area (Å²) in [6.45, 7) is 0. The summed E-state index contributed by atoms with van der Waals surface area (Å²) in [6.07, 6.45) is 0. The fraction of sp³-hybridized carbons (Fsp3) is 0. The summed E-state index contributed by atoms with van der Waals surface area (Å²) in [5.74, 6) is 1.71. The zero-order valence-electron chi connectivity index (χ0n) is 25.9. The molecule has 6 heteroatoms. The van der Waals surface area contributed by atoms with Crippen molar-refractivity contribution in [3.8, 4) is 45.3 Å². The molecule has 0 N–H and O–H groups in total. The van der Waals surface area contributed by atoms with Crippen LogP contribution in [0.1, 0.15) is 0 Å². The van der Waals surface area contributed by atoms with E-state index in [9.17, 15) is 0 Å². The van der Waals surface area contributed by atoms with Gasteiger partial charge in [0, 0.05) is 49.7 Å². The first kappa shape index (κ1) is 27.8. The van der Waals surface area contributed by atoms with Crippen LogP contribution in [0, 0.1) is 0 Å². The van der Waals surface area contributed by atoms with Gasteiger partial charge in [0.2, 0.25) is 0 Å². The summed E-state index contributed by atoms with van der Waals surface area (Å²) < 4.78 is 12.5. The molecule has 0 saturated carbocycles. The van der Waals surface area contributed by atoms with Gasteiger partial charge in [0.05, 0.1) is 5.02 Å². The van der Waals surface area contributed by atoms with E-state index < -0.39 is 0 Å². The van der Waals surface area contributed by atoms with Crippen LogP contribution in [0.3, 0.4) is 0 Å². The van der Waals surface area contributed by atoms with Gasteiger partial charge in [0.1, 0.15) is 22.3 Å². The first-order valence-electron chi connectivity index (χ1n) is 16.0. The molecule has 3 heterocycles. The monoisotopic (exact) mass is 649 g/mol. The van der Waals surface area contributed by atoms with Crippen molar-refractivity contribution in [1.82, 2.24) is 15.0 Å². The molecular formula is C43H24ClN3O2. The van der Waals surface area contributed by atoms with Gasteiger partial charge in [-0.05, 0) is 46.8 Å². The van der Waals surface area contributed by atoms with E-state index in [0.29, 0.717) is 22.5 Å². The van der Waals surface area contributed by atoms with Crippen molar-refractivity contribution in [3.05, 3.63) is 151 Å². The van der Waals surface area contributed by atoms with Crippen LogP contribution in [0.25, 0.3) is 99.9 Å². The predicted octanol–water partition coefficient (Wildman–Crippen LogP) is 12.1. The minimum absolute atomic E-state index is 0.562. The molecule has 10 rings (SSSR count). The van der Waals surface area contributed by atoms with Crippen LogP contribution in [0.2, 0.25) is 5.02 Å². The maximum atomic E-state index is 6.66. The average Bonchev–Trinajstić information content (AvgIpc) is 3.73. The number of benzene rings is 7. The van der Waals surface area contributed by atoms with Crippen molar-refractivity contribution in [1.29, 1.82) is 0 Å². The second-order valence-corrected chi connectivity index (χ2v) is 12.5. The molecule has 3 aromatic heterocycles. The fourth-order valence-electron chi connectivity index (χ4n) is 6.90. The number of fused-ring (bicyclic) bond motifs is 8. The van der Waals surface area contributed by atoms with Crippen LogP contribution < -0.4 is 0 Å². The zero-order chi connectivity index (χ0) is 32.5. The van der Waals surface area contributed by atoms with E-state index in [4.69, 9.17) is 35.4 Å². The van der Waals surface area contributed by atoms with Crippen LogP contribution in [0.15, 0.2) is 154 Å². The van der Waals surface area contributed by atoms with Crippen LogP contribution in [0.4, 0.5) is 0 Å². The largest absolute Gasteiger partial charge is 0.456 e. The topological polar surface area (TPSA) is 65.0 Å². The highest BCUT2D eigenvalue weighted by atomic mass is 35.5. The minimum Gasteiger partial charge on any atom is -0.456 e. The summed E-state index contributed by atoms with van der Waals surface area (Å²) in [5, 5.41) is 6.65. The second kappa shape index (κ2) is 10.9. The number of aromatic nitrogens is 3. The molecule has 49 heavy (non-hydrogen) atoms. The summed E-state index contributed by atoms with van der Waals surface area (Å²) in [4.78, 5) is 15.3. The molecule has 0 amide bonds. The van der Waals surface area contributed by atoms with E-state index in [-0.39, 0.29) is 0 Å². The molecule has 230 valence electrons. The molecule has 0 fully saturated rings. The van der Waals surface area contributed by atoms with Gasteiger partial charge in [0.15, 0.2) is 17.5 Å². The lowest BCUT2D eigenvalue weighted by Gasteiger charge is -2.10. The van der Waals surface area contributed by atoms with Gasteiger partial charge in [-0.1, -0.05) is 121 Å². The van der Waals surface area contributed by atoms with Gasteiger partial charge in [-0.25, -0.2) is 15.0 Å². The normalized spacial score (nSPS) is 11.8. The highest BCUT2D eigenvalue weighted by Crippen LogP contribution is 2.40. The van der Waals surface area contributed by atoms with Gasteiger partial charge in [0.25, 0.3) is 0 Å². The van der Waals surface area contributed by atoms with Crippen LogP contribution in [-0.4, -0.2) is 15.0 Å². The number of rotatable bonds is 4. The second-order valence-electron chi connectivity index (χ2n) is 12.1. The van der Waals surface area contributed by atoms with E-state index in [1.54, 1.807) is 0 Å². The smallest absolute Gasteiger partial charge is 0.164 e. The Labute approximate surface area is 285 Å². The van der Waals surface area contributed by atoms with Crippen molar-refractivity contribution in [2.24, 2.45) is 0 Å². The van der Waals surface area contributed by atoms with E-state index >= 15 is 0 Å². The van der Waals surface area contributed by atoms with Gasteiger partial charge in [-0.3, -0.25) is 0 Å². The van der Waals surface area contributed by atoms with Crippen molar-refractivity contribution in [2.45, 2.75) is 0 Å². The Kier molecular flexibility index (Phi) is 6.16. The quantitative estimate of drug-likeness (QED) is 0.190. The van der Waals surface area contributed by atoms with Crippen molar-refractivity contribution < 1.29 is 8.83 Å². The summed E-state index contributed by atoms with van der Waals surface area (Å²) in [5.41, 5.74) is 8.01. The van der Waals surface area contributed by atoms with Crippen LogP contribution in [-0.2, 0) is 0 Å². The van der Waals surface area contributed by atoms with Gasteiger partial charge in [-0.2, -0.15) is 0 Å². The van der Waals surface area contributed by atoms with E-state index in [1.165, 1.54) is 0 Å². The number of para-hydroxylation sites is 1. The highest BCUT2D eigenvalue weighted by molar-refractivity contribution is 6.38. The zero-order valence-corrected chi connectivity index (χ0v) is 26.6. The molecule has 0 bridgehead atoms. The summed E-state index contributed by atoms with van der Waals surface area (Å²) >= 11 is 6.66. The Morgan fingerprint density at radius 3 is 1.80 bits per heavy atom. The number of halogens is 1. The van der Waals surface area contributed by atoms with Crippen molar-refractivity contribution in [2.75, 3.05) is 0 Å². The Morgan fingerprint density at radius 1 is 0.367 bits per heavy atom. The van der Waals surface area contributed by atoms with Crippen LogP contribution in [0.5, 0.6) is 0 Å². The molecule has 7 aromatic carbocycles. The molecule has 0 radical (unpaired) electrons. The molecule has 10 aromatic rings. The van der Waals surface area contributed by atoms with E-state index in [0.717, 1.165) is 82.5 Å². The molecular weight excluding hydrogens is 626 g/mol. The number of hydrogen-bond acceptors (Lipinski definition) is 5. The molecule has 0 aliphatic carbocycles. The predicted molar refractivity (Wildman–Crippen MR) is 199 cm³/mol. The summed E-state index contributed by atoms with van der Waals surface area (Å²) in [6, 6.07) is 48.9. The molecule has 0 saturated heterocycles. The third-order valence-electron chi connectivity index (χ3n) is 9.21. The maximum Gasteiger partial charge on any atom is 0.164 e. The summed E-state index contributed by atoms with van der Waals surface area (Å²) in [7, 11) is 0. The van der Waals surface area contributed by atoms with Crippen LogP contribution >= 0.6 is 11.6 Å². The fourth-order valence-corrected chi connectivity index (χ4v) is 7.16. The lowest BCUT2D eigenvalue weighted by molar-refractivity contribution is 0.668. The molecule has 0 spiro atoms. The lowest BCUT2D eigenvalue weighted by atomic mass is 10.0. The standard InChI is InChI=1S/C43H24ClN3O2/c44-34-24-38-39(30-12-5-4-11-29(30)34)33-23-28(21-22-36(33)49-38)42-45-41(27-19-17-26(18-20-27)25-9-2-1-3-10-25)46-43(47-42)32-14-8-16-37-40(32)31-13-6-7-15-35(31)48-37/h1-24H. The Morgan fingerprint density at radius 2 is 0.959 bits per heavy atom. The average molecular weight is 650 g/mol. The van der Waals surface area contributed by atoms with Gasteiger partial charge < -0.3 is 8.83 Å². The van der Waals surface area contributed by atoms with Gasteiger partial charge in [-0.15, -0.1) is 0 Å². The minimum atomic E-state index is 0.562. The Balaban J connectivity index is 1.21. The highest BCUT2D eigenvalue weighted by Gasteiger charge is 2.19. The van der Waals surface area contributed by atoms with Gasteiger partial charge >= 0.3 is 0 Å². The first-order chi connectivity index (χ1) is 24.2. The third-order valence-corrected chi connectivity index (χ3v) is 9.53. The maximum absolute atomic E-state index is 6.66. The number of hydrogen-bond donors (Lipinski definition) is 0. The lowest BCUT2D eigenvalue weighted by Crippen LogP contribution is -2.00.